The number of carbonyl (C=O) groups excluding carboxylic acids is 1. The van der Waals surface area contributed by atoms with Crippen molar-refractivity contribution in [2.45, 2.75) is 0 Å². The molecule has 2 N–H and O–H groups in total. The van der Waals surface area contributed by atoms with E-state index in [-0.39, 0.29) is 0 Å². The molecule has 0 radical (unpaired) electrons. The third-order valence-corrected chi connectivity index (χ3v) is 1.44. The molecule has 2 amide bonds. The summed E-state index contributed by atoms with van der Waals surface area (Å²) in [6.07, 6.45) is 6.35. The molecule has 0 aliphatic carbocycles. The minimum Gasteiger partial charge on any atom is -0.245 e. The fourth-order valence-corrected chi connectivity index (χ4v) is 0.903. The van der Waals surface area contributed by atoms with Crippen LogP contribution in [0.15, 0.2) is 36.9 Å². The Hall–Kier alpha value is -2.31. The van der Waals surface area contributed by atoms with Gasteiger partial charge in [0.05, 0.1) is 12.4 Å². The van der Waals surface area contributed by atoms with Gasteiger partial charge in [-0.1, -0.05) is 0 Å². The second kappa shape index (κ2) is 3.60. The maximum Gasteiger partial charge on any atom is 0.355 e. The van der Waals surface area contributed by atoms with Crippen LogP contribution in [0.2, 0.25) is 0 Å². The summed E-state index contributed by atoms with van der Waals surface area (Å²) in [6, 6.07) is 2.99. The number of nitrogens with one attached hydrogen (secondary N) is 2. The van der Waals surface area contributed by atoms with Crippen molar-refractivity contribution in [1.82, 2.24) is 19.8 Å². The first-order chi connectivity index (χ1) is 6.84. The highest BCUT2D eigenvalue weighted by Crippen LogP contribution is 1.82. The molecule has 0 aromatic carbocycles. The summed E-state index contributed by atoms with van der Waals surface area (Å²) in [5, 5.41) is 7.60. The second-order valence-corrected chi connectivity index (χ2v) is 2.45. The molecule has 2 aromatic heterocycles. The van der Waals surface area contributed by atoms with Crippen LogP contribution in [0.5, 0.6) is 0 Å². The third kappa shape index (κ3) is 1.89. The summed E-state index contributed by atoms with van der Waals surface area (Å²) in [4.78, 5) is 13.8. The summed E-state index contributed by atoms with van der Waals surface area (Å²) in [5.41, 5.74) is 4.91. The highest BCUT2D eigenvalue weighted by atomic mass is 16.2. The molecule has 0 aliphatic rings. The molecular weight excluding hydrogens is 184 g/mol. The number of carbonyl (C=O) groups is 1. The van der Waals surface area contributed by atoms with Crippen LogP contribution in [-0.2, 0) is 0 Å². The number of hydrogen-bond acceptors (Lipinski definition) is 3. The lowest BCUT2D eigenvalue weighted by Gasteiger charge is -2.05. The molecule has 0 spiro atoms. The Morgan fingerprint density at radius 3 is 1.86 bits per heavy atom. The van der Waals surface area contributed by atoms with Crippen molar-refractivity contribution in [3.63, 3.8) is 0 Å². The molecule has 72 valence electrons. The largest absolute Gasteiger partial charge is 0.355 e. The number of urea groups is 1. The molecule has 7 heteroatoms. The van der Waals surface area contributed by atoms with Crippen molar-refractivity contribution in [3.05, 3.63) is 36.9 Å². The van der Waals surface area contributed by atoms with Gasteiger partial charge in [0.25, 0.3) is 0 Å². The van der Waals surface area contributed by atoms with Crippen LogP contribution in [0.3, 0.4) is 0 Å². The molecule has 7 nitrogen and oxygen atoms in total. The minimum absolute atomic E-state index is 0.419. The maximum absolute atomic E-state index is 11.2. The fourth-order valence-electron chi connectivity index (χ4n) is 0.903. The summed E-state index contributed by atoms with van der Waals surface area (Å²) >= 11 is 0. The van der Waals surface area contributed by atoms with E-state index in [1.54, 1.807) is 36.9 Å². The lowest BCUT2D eigenvalue weighted by atomic mass is 10.8. The van der Waals surface area contributed by atoms with Gasteiger partial charge in [-0.2, -0.15) is 19.8 Å². The van der Waals surface area contributed by atoms with Crippen LogP contribution in [0.25, 0.3) is 0 Å². The normalized spacial score (nSPS) is 9.71. The van der Waals surface area contributed by atoms with Gasteiger partial charge >= 0.3 is 6.03 Å². The van der Waals surface area contributed by atoms with Gasteiger partial charge in [-0.3, -0.25) is 0 Å². The molecule has 2 heterocycles. The predicted molar refractivity (Wildman–Crippen MR) is 48.6 cm³/mol. The summed E-state index contributed by atoms with van der Waals surface area (Å²) in [5.74, 6) is 0. The number of nitrogens with zero attached hydrogens (tertiary/aromatic N) is 4. The molecular formula is C7H8N6O. The quantitative estimate of drug-likeness (QED) is 0.702. The van der Waals surface area contributed by atoms with Crippen LogP contribution in [-0.4, -0.2) is 25.8 Å². The average Bonchev–Trinajstić information content (AvgIpc) is 2.76. The van der Waals surface area contributed by atoms with E-state index in [1.165, 1.54) is 9.58 Å². The SMILES string of the molecule is O=C(Nn1cccn1)Nn1cccn1. The van der Waals surface area contributed by atoms with Crippen molar-refractivity contribution < 1.29 is 4.79 Å². The van der Waals surface area contributed by atoms with E-state index < -0.39 is 6.03 Å². The van der Waals surface area contributed by atoms with E-state index in [0.29, 0.717) is 0 Å². The van der Waals surface area contributed by atoms with Gasteiger partial charge in [0.2, 0.25) is 0 Å². The van der Waals surface area contributed by atoms with E-state index in [0.717, 1.165) is 0 Å². The van der Waals surface area contributed by atoms with Gasteiger partial charge in [-0.15, -0.1) is 0 Å². The lowest BCUT2D eigenvalue weighted by molar-refractivity contribution is 0.256. The predicted octanol–water partition coefficient (Wildman–Crippen LogP) is -0.0132. The molecule has 0 fully saturated rings. The topological polar surface area (TPSA) is 76.8 Å². The van der Waals surface area contributed by atoms with Crippen molar-refractivity contribution in [1.29, 1.82) is 0 Å². The highest BCUT2D eigenvalue weighted by Gasteiger charge is 2.00. The Morgan fingerprint density at radius 2 is 1.50 bits per heavy atom. The number of aromatic nitrogens is 4. The van der Waals surface area contributed by atoms with Crippen LogP contribution < -0.4 is 10.9 Å². The van der Waals surface area contributed by atoms with Crippen LogP contribution in [0, 0.1) is 0 Å². The Balaban J connectivity index is 1.91. The third-order valence-electron chi connectivity index (χ3n) is 1.44. The van der Waals surface area contributed by atoms with E-state index in [9.17, 15) is 4.79 Å². The molecule has 14 heavy (non-hydrogen) atoms. The van der Waals surface area contributed by atoms with Crippen LogP contribution in [0.1, 0.15) is 0 Å². The zero-order valence-electron chi connectivity index (χ0n) is 7.16. The summed E-state index contributed by atoms with van der Waals surface area (Å²) < 4.78 is 0. The molecule has 2 rings (SSSR count). The average molecular weight is 192 g/mol. The smallest absolute Gasteiger partial charge is 0.245 e. The van der Waals surface area contributed by atoms with Crippen LogP contribution >= 0.6 is 0 Å². The van der Waals surface area contributed by atoms with Gasteiger partial charge in [-0.25, -0.2) is 15.6 Å². The first kappa shape index (κ1) is 8.30. The molecule has 0 aliphatic heterocycles. The van der Waals surface area contributed by atoms with Gasteiger partial charge in [0.15, 0.2) is 0 Å². The first-order valence-corrected chi connectivity index (χ1v) is 3.92. The van der Waals surface area contributed by atoms with Crippen molar-refractivity contribution in [2.75, 3.05) is 10.9 Å². The maximum atomic E-state index is 11.2. The molecule has 0 saturated carbocycles. The van der Waals surface area contributed by atoms with Gasteiger partial charge < -0.3 is 0 Å². The fraction of sp³-hybridized carbons (Fsp3) is 0. The standard InChI is InChI=1S/C7H8N6O/c14-7(10-12-5-1-3-8-12)11-13-6-2-4-9-13/h1-6H,(H2,10,11,14). The lowest BCUT2D eigenvalue weighted by Crippen LogP contribution is -2.33. The molecule has 0 unspecified atom stereocenters. The second-order valence-electron chi connectivity index (χ2n) is 2.45. The Bertz CT molecular complexity index is 354. The first-order valence-electron chi connectivity index (χ1n) is 3.92. The van der Waals surface area contributed by atoms with E-state index in [2.05, 4.69) is 21.0 Å². The van der Waals surface area contributed by atoms with Crippen molar-refractivity contribution >= 4 is 6.03 Å². The minimum atomic E-state index is -0.419. The molecule has 0 saturated heterocycles. The summed E-state index contributed by atoms with van der Waals surface area (Å²) in [7, 11) is 0. The zero-order valence-corrected chi connectivity index (χ0v) is 7.16. The monoisotopic (exact) mass is 192 g/mol. The number of amides is 2. The van der Waals surface area contributed by atoms with Crippen molar-refractivity contribution in [2.24, 2.45) is 0 Å². The molecule has 2 aromatic rings. The van der Waals surface area contributed by atoms with Gasteiger partial charge in [0, 0.05) is 12.4 Å². The van der Waals surface area contributed by atoms with E-state index >= 15 is 0 Å². The summed E-state index contributed by atoms with van der Waals surface area (Å²) in [6.45, 7) is 0. The number of hydrogen-bond donors (Lipinski definition) is 2. The van der Waals surface area contributed by atoms with Gasteiger partial charge in [0.1, 0.15) is 0 Å². The Kier molecular flexibility index (Phi) is 2.14. The highest BCUT2D eigenvalue weighted by molar-refractivity contribution is 5.88. The van der Waals surface area contributed by atoms with E-state index in [4.69, 9.17) is 0 Å². The zero-order chi connectivity index (χ0) is 9.80. The Labute approximate surface area is 79.3 Å². The molecule has 0 atom stereocenters. The van der Waals surface area contributed by atoms with Gasteiger partial charge in [-0.05, 0) is 12.1 Å². The molecule has 0 bridgehead atoms. The van der Waals surface area contributed by atoms with Crippen molar-refractivity contribution in [3.8, 4) is 0 Å². The van der Waals surface area contributed by atoms with E-state index in [1.807, 2.05) is 0 Å². The Morgan fingerprint density at radius 1 is 1.00 bits per heavy atom. The van der Waals surface area contributed by atoms with Crippen LogP contribution in [0.4, 0.5) is 4.79 Å². The number of rotatable bonds is 2.